The number of benzene rings is 1. The topological polar surface area (TPSA) is 86.5 Å². The van der Waals surface area contributed by atoms with Crippen LogP contribution in [-0.4, -0.2) is 36.3 Å². The van der Waals surface area contributed by atoms with Crippen LogP contribution in [0, 0.1) is 0 Å². The number of methoxy groups -OCH3 is 1. The SMILES string of the molecule is CCc1noc2ncc(C(=O)NCCOc3cccc(OC)c3)cc12. The zero-order valence-electron chi connectivity index (χ0n) is 14.1. The molecule has 1 aromatic carbocycles. The number of ether oxygens (including phenoxy) is 2. The monoisotopic (exact) mass is 341 g/mol. The van der Waals surface area contributed by atoms with Crippen LogP contribution >= 0.6 is 0 Å². The lowest BCUT2D eigenvalue weighted by Gasteiger charge is -2.09. The van der Waals surface area contributed by atoms with E-state index in [2.05, 4.69) is 15.5 Å². The minimum atomic E-state index is -0.216. The van der Waals surface area contributed by atoms with Gasteiger partial charge in [0, 0.05) is 12.3 Å². The maximum absolute atomic E-state index is 12.2. The Hall–Kier alpha value is -3.09. The highest BCUT2D eigenvalue weighted by Gasteiger charge is 2.12. The van der Waals surface area contributed by atoms with Crippen molar-refractivity contribution in [3.8, 4) is 11.5 Å². The molecular formula is C18H19N3O4. The van der Waals surface area contributed by atoms with Crippen LogP contribution < -0.4 is 14.8 Å². The Morgan fingerprint density at radius 3 is 2.92 bits per heavy atom. The maximum Gasteiger partial charge on any atom is 0.257 e. The zero-order chi connectivity index (χ0) is 17.6. The van der Waals surface area contributed by atoms with E-state index in [1.54, 1.807) is 19.2 Å². The lowest BCUT2D eigenvalue weighted by Crippen LogP contribution is -2.28. The number of pyridine rings is 1. The van der Waals surface area contributed by atoms with Crippen LogP contribution in [0.4, 0.5) is 0 Å². The normalized spacial score (nSPS) is 10.6. The van der Waals surface area contributed by atoms with Gasteiger partial charge in [0.2, 0.25) is 0 Å². The molecule has 130 valence electrons. The summed E-state index contributed by atoms with van der Waals surface area (Å²) in [6, 6.07) is 9.05. The fourth-order valence-electron chi connectivity index (χ4n) is 2.38. The van der Waals surface area contributed by atoms with E-state index in [4.69, 9.17) is 14.0 Å². The molecule has 0 fully saturated rings. The molecule has 0 unspecified atom stereocenters. The van der Waals surface area contributed by atoms with Gasteiger partial charge in [0.1, 0.15) is 18.1 Å². The van der Waals surface area contributed by atoms with Crippen molar-refractivity contribution in [2.45, 2.75) is 13.3 Å². The molecule has 3 aromatic rings. The summed E-state index contributed by atoms with van der Waals surface area (Å²) in [5, 5.41) is 7.51. The fraction of sp³-hybridized carbons (Fsp3) is 0.278. The van der Waals surface area contributed by atoms with Crippen molar-refractivity contribution in [3.63, 3.8) is 0 Å². The predicted molar refractivity (Wildman–Crippen MR) is 92.0 cm³/mol. The molecular weight excluding hydrogens is 322 g/mol. The lowest BCUT2D eigenvalue weighted by molar-refractivity contribution is 0.0946. The molecule has 0 atom stereocenters. The number of rotatable bonds is 7. The standard InChI is InChI=1S/C18H19N3O4/c1-3-16-15-9-12(11-20-18(15)25-21-16)17(22)19-7-8-24-14-6-4-5-13(10-14)23-2/h4-6,9-11H,3,7-8H2,1-2H3,(H,19,22). The summed E-state index contributed by atoms with van der Waals surface area (Å²) < 4.78 is 15.8. The first-order valence-electron chi connectivity index (χ1n) is 8.00. The molecule has 25 heavy (non-hydrogen) atoms. The van der Waals surface area contributed by atoms with Gasteiger partial charge in [0.05, 0.1) is 30.3 Å². The number of fused-ring (bicyclic) bond motifs is 1. The van der Waals surface area contributed by atoms with Gasteiger partial charge in [-0.15, -0.1) is 0 Å². The van der Waals surface area contributed by atoms with E-state index in [0.29, 0.717) is 36.6 Å². The molecule has 0 radical (unpaired) electrons. The highest BCUT2D eigenvalue weighted by atomic mass is 16.5. The molecule has 1 N–H and O–H groups in total. The third-order valence-electron chi connectivity index (χ3n) is 3.70. The number of aryl methyl sites for hydroxylation is 1. The number of amides is 1. The molecule has 0 bridgehead atoms. The Morgan fingerprint density at radius 1 is 1.28 bits per heavy atom. The fourth-order valence-corrected chi connectivity index (χ4v) is 2.38. The second-order valence-corrected chi connectivity index (χ2v) is 5.34. The van der Waals surface area contributed by atoms with Gasteiger partial charge in [0.25, 0.3) is 11.6 Å². The number of hydrogen-bond acceptors (Lipinski definition) is 6. The molecule has 0 saturated heterocycles. The molecule has 1 amide bonds. The van der Waals surface area contributed by atoms with Gasteiger partial charge >= 0.3 is 0 Å². The van der Waals surface area contributed by atoms with Gasteiger partial charge < -0.3 is 19.3 Å². The van der Waals surface area contributed by atoms with Crippen LogP contribution in [0.2, 0.25) is 0 Å². The highest BCUT2D eigenvalue weighted by molar-refractivity contribution is 5.96. The quantitative estimate of drug-likeness (QED) is 0.665. The van der Waals surface area contributed by atoms with Crippen LogP contribution in [0.5, 0.6) is 11.5 Å². The number of carbonyl (C=O) groups excluding carboxylic acids is 1. The Balaban J connectivity index is 1.55. The van der Waals surface area contributed by atoms with E-state index in [1.165, 1.54) is 6.20 Å². The van der Waals surface area contributed by atoms with E-state index in [9.17, 15) is 4.79 Å². The minimum Gasteiger partial charge on any atom is -0.497 e. The largest absolute Gasteiger partial charge is 0.497 e. The second kappa shape index (κ2) is 7.65. The van der Waals surface area contributed by atoms with Gasteiger partial charge in [-0.05, 0) is 24.6 Å². The summed E-state index contributed by atoms with van der Waals surface area (Å²) in [4.78, 5) is 16.4. The maximum atomic E-state index is 12.2. The van der Waals surface area contributed by atoms with Crippen LogP contribution in [0.3, 0.4) is 0 Å². The van der Waals surface area contributed by atoms with Gasteiger partial charge in [-0.1, -0.05) is 18.1 Å². The Morgan fingerprint density at radius 2 is 2.12 bits per heavy atom. The number of nitrogens with one attached hydrogen (secondary N) is 1. The first kappa shape index (κ1) is 16.8. The van der Waals surface area contributed by atoms with Gasteiger partial charge in [-0.25, -0.2) is 4.98 Å². The van der Waals surface area contributed by atoms with Crippen molar-refractivity contribution < 1.29 is 18.8 Å². The van der Waals surface area contributed by atoms with Crippen LogP contribution in [0.15, 0.2) is 41.1 Å². The first-order valence-corrected chi connectivity index (χ1v) is 8.00. The summed E-state index contributed by atoms with van der Waals surface area (Å²) in [6.07, 6.45) is 2.19. The minimum absolute atomic E-state index is 0.216. The van der Waals surface area contributed by atoms with Crippen molar-refractivity contribution in [3.05, 3.63) is 47.8 Å². The van der Waals surface area contributed by atoms with Gasteiger partial charge in [-0.2, -0.15) is 0 Å². The molecule has 2 heterocycles. The summed E-state index contributed by atoms with van der Waals surface area (Å²) in [5.41, 5.74) is 1.69. The Labute approximate surface area is 144 Å². The number of nitrogens with zero attached hydrogens (tertiary/aromatic N) is 2. The smallest absolute Gasteiger partial charge is 0.257 e. The van der Waals surface area contributed by atoms with Crippen molar-refractivity contribution in [2.24, 2.45) is 0 Å². The third kappa shape index (κ3) is 3.88. The van der Waals surface area contributed by atoms with Crippen molar-refractivity contribution in [1.82, 2.24) is 15.5 Å². The van der Waals surface area contributed by atoms with Crippen molar-refractivity contribution in [1.29, 1.82) is 0 Å². The molecule has 0 aliphatic carbocycles. The second-order valence-electron chi connectivity index (χ2n) is 5.34. The van der Waals surface area contributed by atoms with Crippen LogP contribution in [0.1, 0.15) is 23.0 Å². The van der Waals surface area contributed by atoms with Gasteiger partial charge in [0.15, 0.2) is 0 Å². The molecule has 3 rings (SSSR count). The zero-order valence-corrected chi connectivity index (χ0v) is 14.1. The van der Waals surface area contributed by atoms with E-state index < -0.39 is 0 Å². The highest BCUT2D eigenvalue weighted by Crippen LogP contribution is 2.19. The molecule has 0 spiro atoms. The number of aromatic nitrogens is 2. The lowest BCUT2D eigenvalue weighted by atomic mass is 10.1. The summed E-state index contributed by atoms with van der Waals surface area (Å²) in [5.74, 6) is 1.20. The molecule has 0 saturated carbocycles. The van der Waals surface area contributed by atoms with Crippen molar-refractivity contribution in [2.75, 3.05) is 20.3 Å². The van der Waals surface area contributed by atoms with E-state index >= 15 is 0 Å². The van der Waals surface area contributed by atoms with Crippen LogP contribution in [0.25, 0.3) is 11.1 Å². The third-order valence-corrected chi connectivity index (χ3v) is 3.70. The molecule has 0 aliphatic rings. The predicted octanol–water partition coefficient (Wildman–Crippen LogP) is 2.60. The molecule has 7 heteroatoms. The molecule has 2 aromatic heterocycles. The molecule has 7 nitrogen and oxygen atoms in total. The number of hydrogen-bond donors (Lipinski definition) is 1. The van der Waals surface area contributed by atoms with Gasteiger partial charge in [-0.3, -0.25) is 4.79 Å². The molecule has 0 aliphatic heterocycles. The Bertz CT molecular complexity index is 876. The van der Waals surface area contributed by atoms with Crippen molar-refractivity contribution >= 4 is 17.0 Å². The summed E-state index contributed by atoms with van der Waals surface area (Å²) in [6.45, 7) is 2.69. The van der Waals surface area contributed by atoms with E-state index in [0.717, 1.165) is 16.8 Å². The first-order chi connectivity index (χ1) is 12.2. The number of carbonyl (C=O) groups is 1. The average Bonchev–Trinajstić information content (AvgIpc) is 3.07. The summed E-state index contributed by atoms with van der Waals surface area (Å²) >= 11 is 0. The summed E-state index contributed by atoms with van der Waals surface area (Å²) in [7, 11) is 1.60. The van der Waals surface area contributed by atoms with E-state index in [-0.39, 0.29) is 5.91 Å². The average molecular weight is 341 g/mol. The van der Waals surface area contributed by atoms with E-state index in [1.807, 2.05) is 25.1 Å². The van der Waals surface area contributed by atoms with Crippen LogP contribution in [-0.2, 0) is 6.42 Å². The Kier molecular flexibility index (Phi) is 5.13.